The van der Waals surface area contributed by atoms with Crippen molar-refractivity contribution in [1.82, 2.24) is 14.5 Å². The van der Waals surface area contributed by atoms with E-state index in [1.165, 1.54) is 0 Å². The predicted molar refractivity (Wildman–Crippen MR) is 102 cm³/mol. The van der Waals surface area contributed by atoms with Crippen LogP contribution in [0.4, 0.5) is 0 Å². The van der Waals surface area contributed by atoms with Gasteiger partial charge >= 0.3 is 0 Å². The van der Waals surface area contributed by atoms with Gasteiger partial charge in [-0.05, 0) is 44.7 Å². The Bertz CT molecular complexity index is 758. The molecule has 1 saturated heterocycles. The number of nitrogens with zero attached hydrogens (tertiary/aromatic N) is 2. The highest BCUT2D eigenvalue weighted by Crippen LogP contribution is 2.34. The fourth-order valence-corrected chi connectivity index (χ4v) is 5.93. The number of rotatable bonds is 6. The highest BCUT2D eigenvalue weighted by molar-refractivity contribution is 7.89. The molecule has 0 bridgehead atoms. The van der Waals surface area contributed by atoms with E-state index in [1.807, 2.05) is 37.8 Å². The van der Waals surface area contributed by atoms with Crippen LogP contribution in [-0.4, -0.2) is 62.3 Å². The number of sulfonamides is 1. The molecule has 1 aromatic rings. The Kier molecular flexibility index (Phi) is 5.69. The molecule has 3 rings (SSSR count). The van der Waals surface area contributed by atoms with Crippen LogP contribution < -0.4 is 5.32 Å². The molecule has 0 aromatic heterocycles. The molecule has 144 valence electrons. The molecule has 2 fully saturated rings. The molecule has 6 nitrogen and oxygen atoms in total. The maximum atomic E-state index is 13.3. The first-order valence-corrected chi connectivity index (χ1v) is 10.8. The fraction of sp³-hybridized carbons (Fsp3) is 0.632. The molecule has 1 N–H and O–H groups in total. The van der Waals surface area contributed by atoms with Crippen LogP contribution in [0.5, 0.6) is 0 Å². The Labute approximate surface area is 156 Å². The molecule has 7 heteroatoms. The van der Waals surface area contributed by atoms with Gasteiger partial charge in [-0.1, -0.05) is 17.7 Å². The number of carbonyl (C=O) groups is 1. The zero-order valence-electron chi connectivity index (χ0n) is 15.9. The van der Waals surface area contributed by atoms with Crippen molar-refractivity contribution in [2.24, 2.45) is 0 Å². The largest absolute Gasteiger partial charge is 0.340 e. The number of aryl methyl sites for hydroxylation is 3. The Morgan fingerprint density at radius 1 is 1.15 bits per heavy atom. The van der Waals surface area contributed by atoms with Crippen molar-refractivity contribution in [3.63, 3.8) is 0 Å². The summed E-state index contributed by atoms with van der Waals surface area (Å²) in [7, 11) is -3.59. The second kappa shape index (κ2) is 7.66. The molecule has 0 atom stereocenters. The van der Waals surface area contributed by atoms with Gasteiger partial charge in [-0.2, -0.15) is 4.31 Å². The van der Waals surface area contributed by atoms with E-state index >= 15 is 0 Å². The van der Waals surface area contributed by atoms with E-state index in [-0.39, 0.29) is 24.9 Å². The van der Waals surface area contributed by atoms with Crippen LogP contribution in [0.2, 0.25) is 0 Å². The van der Waals surface area contributed by atoms with E-state index in [9.17, 15) is 13.2 Å². The summed E-state index contributed by atoms with van der Waals surface area (Å²) in [5.41, 5.74) is 2.62. The second-order valence-corrected chi connectivity index (χ2v) is 9.28. The average Bonchev–Trinajstić information content (AvgIpc) is 3.39. The number of piperazine rings is 1. The van der Waals surface area contributed by atoms with E-state index in [2.05, 4.69) is 5.32 Å². The molecule has 26 heavy (non-hydrogen) atoms. The maximum absolute atomic E-state index is 13.3. The van der Waals surface area contributed by atoms with Crippen LogP contribution in [-0.2, 0) is 14.8 Å². The third-order valence-electron chi connectivity index (χ3n) is 5.14. The van der Waals surface area contributed by atoms with Crippen LogP contribution in [0.25, 0.3) is 0 Å². The number of carbonyl (C=O) groups excluding carboxylic acids is 1. The van der Waals surface area contributed by atoms with Gasteiger partial charge in [0.2, 0.25) is 15.9 Å². The Morgan fingerprint density at radius 2 is 1.73 bits per heavy atom. The van der Waals surface area contributed by atoms with E-state index in [4.69, 9.17) is 0 Å². The summed E-state index contributed by atoms with van der Waals surface area (Å²) >= 11 is 0. The first-order chi connectivity index (χ1) is 12.3. The van der Waals surface area contributed by atoms with Gasteiger partial charge in [-0.25, -0.2) is 8.42 Å². The number of hydrogen-bond acceptors (Lipinski definition) is 4. The standard InChI is InChI=1S/C19H29N3O3S/c1-14-12-15(2)19(16(3)13-14)26(24,25)22(17-4-5-17)9-6-18(23)21-10-7-20-8-11-21/h12-13,17,20H,4-11H2,1-3H3. The predicted octanol–water partition coefficient (Wildman–Crippen LogP) is 1.59. The molecule has 1 saturated carbocycles. The summed E-state index contributed by atoms with van der Waals surface area (Å²) in [6.45, 7) is 8.95. The monoisotopic (exact) mass is 379 g/mol. The van der Waals surface area contributed by atoms with Crippen molar-refractivity contribution in [2.45, 2.75) is 51.0 Å². The van der Waals surface area contributed by atoms with E-state index < -0.39 is 10.0 Å². The Hall–Kier alpha value is -1.44. The Balaban J connectivity index is 1.78. The summed E-state index contributed by atoms with van der Waals surface area (Å²) in [5.74, 6) is 0.0460. The molecule has 1 heterocycles. The summed E-state index contributed by atoms with van der Waals surface area (Å²) in [5, 5.41) is 3.23. The van der Waals surface area contributed by atoms with Crippen molar-refractivity contribution in [3.05, 3.63) is 28.8 Å². The normalized spacial score (nSPS) is 18.4. The molecule has 1 aliphatic carbocycles. The molecular formula is C19H29N3O3S. The molecule has 1 aromatic carbocycles. The maximum Gasteiger partial charge on any atom is 0.243 e. The lowest BCUT2D eigenvalue weighted by Crippen LogP contribution is -2.47. The lowest BCUT2D eigenvalue weighted by Gasteiger charge is -2.29. The van der Waals surface area contributed by atoms with Gasteiger partial charge in [0.25, 0.3) is 0 Å². The van der Waals surface area contributed by atoms with Crippen molar-refractivity contribution >= 4 is 15.9 Å². The lowest BCUT2D eigenvalue weighted by atomic mass is 10.1. The molecule has 0 radical (unpaired) electrons. The van der Waals surface area contributed by atoms with Crippen LogP contribution >= 0.6 is 0 Å². The van der Waals surface area contributed by atoms with Crippen LogP contribution in [0, 0.1) is 20.8 Å². The van der Waals surface area contributed by atoms with Crippen molar-refractivity contribution in [2.75, 3.05) is 32.7 Å². The first kappa shape index (κ1) is 19.3. The van der Waals surface area contributed by atoms with Crippen molar-refractivity contribution < 1.29 is 13.2 Å². The molecule has 0 unspecified atom stereocenters. The molecule has 1 aliphatic heterocycles. The molecule has 2 aliphatic rings. The molecular weight excluding hydrogens is 350 g/mol. The zero-order valence-corrected chi connectivity index (χ0v) is 16.7. The summed E-state index contributed by atoms with van der Waals surface area (Å²) in [6.07, 6.45) is 2.01. The highest BCUT2D eigenvalue weighted by Gasteiger charge is 2.39. The number of nitrogens with one attached hydrogen (secondary N) is 1. The van der Waals surface area contributed by atoms with E-state index in [0.717, 1.165) is 42.6 Å². The zero-order chi connectivity index (χ0) is 18.9. The minimum atomic E-state index is -3.59. The summed E-state index contributed by atoms with van der Waals surface area (Å²) in [6, 6.07) is 3.86. The second-order valence-electron chi connectivity index (χ2n) is 7.46. The van der Waals surface area contributed by atoms with Crippen molar-refractivity contribution in [3.8, 4) is 0 Å². The highest BCUT2D eigenvalue weighted by atomic mass is 32.2. The van der Waals surface area contributed by atoms with Gasteiger partial charge < -0.3 is 10.2 Å². The van der Waals surface area contributed by atoms with Gasteiger partial charge in [0, 0.05) is 45.2 Å². The summed E-state index contributed by atoms with van der Waals surface area (Å²) < 4.78 is 28.3. The quantitative estimate of drug-likeness (QED) is 0.815. The number of hydrogen-bond donors (Lipinski definition) is 1. The van der Waals surface area contributed by atoms with E-state index in [1.54, 1.807) is 4.31 Å². The third-order valence-corrected chi connectivity index (χ3v) is 7.40. The minimum Gasteiger partial charge on any atom is -0.340 e. The van der Waals surface area contributed by atoms with Crippen molar-refractivity contribution in [1.29, 1.82) is 0 Å². The Morgan fingerprint density at radius 3 is 2.27 bits per heavy atom. The average molecular weight is 380 g/mol. The SMILES string of the molecule is Cc1cc(C)c(S(=O)(=O)N(CCC(=O)N2CCNCC2)C2CC2)c(C)c1. The van der Waals surface area contributed by atoms with E-state index in [0.29, 0.717) is 18.0 Å². The topological polar surface area (TPSA) is 69.7 Å². The van der Waals surface area contributed by atoms with Crippen LogP contribution in [0.1, 0.15) is 36.0 Å². The summed E-state index contributed by atoms with van der Waals surface area (Å²) in [4.78, 5) is 14.7. The van der Waals surface area contributed by atoms with Gasteiger partial charge in [-0.15, -0.1) is 0 Å². The smallest absolute Gasteiger partial charge is 0.243 e. The molecule has 1 amide bonds. The minimum absolute atomic E-state index is 0.0379. The number of benzene rings is 1. The van der Waals surface area contributed by atoms with Gasteiger partial charge in [0.05, 0.1) is 4.90 Å². The lowest BCUT2D eigenvalue weighted by molar-refractivity contribution is -0.131. The number of amides is 1. The van der Waals surface area contributed by atoms with Gasteiger partial charge in [-0.3, -0.25) is 4.79 Å². The molecule has 0 spiro atoms. The fourth-order valence-electron chi connectivity index (χ4n) is 3.83. The van der Waals surface area contributed by atoms with Crippen LogP contribution in [0.15, 0.2) is 17.0 Å². The first-order valence-electron chi connectivity index (χ1n) is 9.39. The van der Waals surface area contributed by atoms with Gasteiger partial charge in [0.1, 0.15) is 0 Å². The van der Waals surface area contributed by atoms with Gasteiger partial charge in [0.15, 0.2) is 0 Å². The third kappa shape index (κ3) is 4.10. The van der Waals surface area contributed by atoms with Crippen LogP contribution in [0.3, 0.4) is 0 Å².